The van der Waals surface area contributed by atoms with Gasteiger partial charge in [-0.15, -0.1) is 0 Å². The van der Waals surface area contributed by atoms with Gasteiger partial charge in [-0.05, 0) is 20.8 Å². The minimum absolute atomic E-state index is 0.0349. The molecule has 0 saturated carbocycles. The molecule has 0 aliphatic heterocycles. The first-order valence-electron chi connectivity index (χ1n) is 8.95. The van der Waals surface area contributed by atoms with Crippen LogP contribution < -0.4 is 10.2 Å². The first kappa shape index (κ1) is 25.0. The average molecular weight is 428 g/mol. The van der Waals surface area contributed by atoms with E-state index in [1.54, 1.807) is 20.8 Å². The number of ether oxygens (including phenoxy) is 4. The standard InChI is InChI=1S/C19H28N2O9/c1-19(2,3)30-18(26)20(4)11(10-27-5)8-21-9-12(16(23)24)14(22)15(28-6)13(21)17(25)29-7/h9,11H,8,10H2,1-7H3,(H,23,24)/t11-/m0/s1. The van der Waals surface area contributed by atoms with E-state index in [9.17, 15) is 24.3 Å². The number of methoxy groups -OCH3 is 3. The Morgan fingerprint density at radius 3 is 2.23 bits per heavy atom. The van der Waals surface area contributed by atoms with Gasteiger partial charge in [-0.2, -0.15) is 0 Å². The van der Waals surface area contributed by atoms with E-state index in [0.29, 0.717) is 0 Å². The fourth-order valence-electron chi connectivity index (χ4n) is 2.62. The number of carbonyl (C=O) groups is 3. The van der Waals surface area contributed by atoms with Crippen LogP contribution in [0.25, 0.3) is 0 Å². The minimum atomic E-state index is -1.49. The normalized spacial score (nSPS) is 12.1. The number of hydrogen-bond donors (Lipinski definition) is 1. The van der Waals surface area contributed by atoms with Crippen LogP contribution in [0.15, 0.2) is 11.0 Å². The highest BCUT2D eigenvalue weighted by atomic mass is 16.6. The first-order chi connectivity index (χ1) is 13.9. The third-order valence-corrected chi connectivity index (χ3v) is 4.05. The molecule has 0 saturated heterocycles. The number of aromatic carboxylic acids is 1. The Kier molecular flexibility index (Phi) is 8.40. The maximum atomic E-state index is 12.5. The van der Waals surface area contributed by atoms with E-state index < -0.39 is 46.4 Å². The monoisotopic (exact) mass is 428 g/mol. The summed E-state index contributed by atoms with van der Waals surface area (Å²) in [6, 6.07) is -0.679. The van der Waals surface area contributed by atoms with Crippen molar-refractivity contribution in [2.24, 2.45) is 0 Å². The van der Waals surface area contributed by atoms with Crippen molar-refractivity contribution in [3.8, 4) is 5.75 Å². The van der Waals surface area contributed by atoms with Gasteiger partial charge in [-0.3, -0.25) is 4.79 Å². The van der Waals surface area contributed by atoms with E-state index in [0.717, 1.165) is 20.4 Å². The zero-order valence-electron chi connectivity index (χ0n) is 18.2. The molecule has 0 aromatic carbocycles. The van der Waals surface area contributed by atoms with Crippen LogP contribution in [0.5, 0.6) is 5.75 Å². The highest BCUT2D eigenvalue weighted by molar-refractivity contribution is 5.93. The Morgan fingerprint density at radius 2 is 1.80 bits per heavy atom. The van der Waals surface area contributed by atoms with E-state index >= 15 is 0 Å². The van der Waals surface area contributed by atoms with Crippen LogP contribution >= 0.6 is 0 Å². The van der Waals surface area contributed by atoms with Crippen molar-refractivity contribution in [3.05, 3.63) is 27.7 Å². The van der Waals surface area contributed by atoms with Gasteiger partial charge in [0.2, 0.25) is 5.43 Å². The predicted octanol–water partition coefficient (Wildman–Crippen LogP) is 1.22. The zero-order valence-corrected chi connectivity index (χ0v) is 18.2. The maximum Gasteiger partial charge on any atom is 0.410 e. The number of hydrogen-bond acceptors (Lipinski definition) is 8. The van der Waals surface area contributed by atoms with Gasteiger partial charge >= 0.3 is 18.0 Å². The number of carboxylic acids is 1. The van der Waals surface area contributed by atoms with Gasteiger partial charge in [-0.1, -0.05) is 0 Å². The molecule has 1 atom stereocenters. The van der Waals surface area contributed by atoms with E-state index in [1.165, 1.54) is 23.6 Å². The highest BCUT2D eigenvalue weighted by Crippen LogP contribution is 2.19. The molecule has 1 rings (SSSR count). The Morgan fingerprint density at radius 1 is 1.20 bits per heavy atom. The van der Waals surface area contributed by atoms with Crippen molar-refractivity contribution in [2.45, 2.75) is 39.0 Å². The van der Waals surface area contributed by atoms with Crippen LogP contribution in [0, 0.1) is 0 Å². The Hall–Kier alpha value is -3.08. The first-order valence-corrected chi connectivity index (χ1v) is 8.95. The Balaban J connectivity index is 3.53. The molecule has 1 amide bonds. The second-order valence-electron chi connectivity index (χ2n) is 7.40. The largest absolute Gasteiger partial charge is 0.491 e. The minimum Gasteiger partial charge on any atom is -0.491 e. The summed E-state index contributed by atoms with van der Waals surface area (Å²) in [7, 11) is 5.15. The lowest BCUT2D eigenvalue weighted by atomic mass is 10.1. The summed E-state index contributed by atoms with van der Waals surface area (Å²) in [4.78, 5) is 50.0. The summed E-state index contributed by atoms with van der Waals surface area (Å²) in [5.74, 6) is -2.87. The number of carboxylic acid groups (broad SMARTS) is 1. The molecule has 11 nitrogen and oxygen atoms in total. The maximum absolute atomic E-state index is 12.5. The molecular formula is C19H28N2O9. The van der Waals surface area contributed by atoms with Gasteiger partial charge in [-0.25, -0.2) is 14.4 Å². The van der Waals surface area contributed by atoms with Crippen LogP contribution in [0.1, 0.15) is 41.6 Å². The number of esters is 1. The van der Waals surface area contributed by atoms with E-state index in [-0.39, 0.29) is 18.8 Å². The quantitative estimate of drug-likeness (QED) is 0.607. The van der Waals surface area contributed by atoms with Crippen molar-refractivity contribution in [1.82, 2.24) is 9.47 Å². The Bertz CT molecular complexity index is 855. The number of carbonyl (C=O) groups excluding carboxylic acids is 2. The molecule has 0 aliphatic carbocycles. The molecule has 0 radical (unpaired) electrons. The second-order valence-corrected chi connectivity index (χ2v) is 7.40. The summed E-state index contributed by atoms with van der Waals surface area (Å²) in [6.45, 7) is 5.07. The van der Waals surface area contributed by atoms with E-state index in [1.807, 2.05) is 0 Å². The lowest BCUT2D eigenvalue weighted by molar-refractivity contribution is 0.0104. The van der Waals surface area contributed by atoms with Gasteiger partial charge in [0.15, 0.2) is 11.4 Å². The van der Waals surface area contributed by atoms with Gasteiger partial charge in [0.25, 0.3) is 0 Å². The van der Waals surface area contributed by atoms with Crippen LogP contribution in [0.2, 0.25) is 0 Å². The lowest BCUT2D eigenvalue weighted by Crippen LogP contribution is -2.45. The SMILES string of the molecule is COC[C@H](Cn1cc(C(=O)O)c(=O)c(OC)c1C(=O)OC)N(C)C(=O)OC(C)(C)C. The number of pyridine rings is 1. The molecule has 168 valence electrons. The molecule has 0 fully saturated rings. The van der Waals surface area contributed by atoms with Crippen LogP contribution in [0.4, 0.5) is 4.79 Å². The third kappa shape index (κ3) is 5.96. The van der Waals surface area contributed by atoms with E-state index in [2.05, 4.69) is 0 Å². The fraction of sp³-hybridized carbons (Fsp3) is 0.579. The van der Waals surface area contributed by atoms with Crippen molar-refractivity contribution in [1.29, 1.82) is 0 Å². The number of rotatable bonds is 8. The van der Waals surface area contributed by atoms with Gasteiger partial charge in [0.1, 0.15) is 11.2 Å². The predicted molar refractivity (Wildman–Crippen MR) is 105 cm³/mol. The molecule has 0 unspecified atom stereocenters. The second kappa shape index (κ2) is 10.1. The topological polar surface area (TPSA) is 134 Å². The van der Waals surface area contributed by atoms with Crippen molar-refractivity contribution in [2.75, 3.05) is 35.0 Å². The molecule has 30 heavy (non-hydrogen) atoms. The molecule has 1 N–H and O–H groups in total. The smallest absolute Gasteiger partial charge is 0.410 e. The molecule has 1 aromatic heterocycles. The lowest BCUT2D eigenvalue weighted by Gasteiger charge is -2.31. The van der Waals surface area contributed by atoms with Crippen LogP contribution in [0.3, 0.4) is 0 Å². The summed E-state index contributed by atoms with van der Waals surface area (Å²) in [6.07, 6.45) is 0.362. The third-order valence-electron chi connectivity index (χ3n) is 4.05. The van der Waals surface area contributed by atoms with Gasteiger partial charge < -0.3 is 33.5 Å². The molecule has 0 spiro atoms. The molecule has 0 aliphatic rings. The fourth-order valence-corrected chi connectivity index (χ4v) is 2.62. The van der Waals surface area contributed by atoms with Crippen LogP contribution in [-0.2, 0) is 20.8 Å². The zero-order chi connectivity index (χ0) is 23.2. The summed E-state index contributed by atoms with van der Waals surface area (Å²) >= 11 is 0. The number of aromatic nitrogens is 1. The number of likely N-dealkylation sites (N-methyl/N-ethyl adjacent to an activating group) is 1. The molecule has 1 aromatic rings. The van der Waals surface area contributed by atoms with Gasteiger partial charge in [0.05, 0.1) is 26.9 Å². The van der Waals surface area contributed by atoms with Crippen LogP contribution in [-0.4, -0.2) is 79.2 Å². The number of amides is 1. The Labute approximate surface area is 174 Å². The molecule has 1 heterocycles. The summed E-state index contributed by atoms with van der Waals surface area (Å²) in [5.41, 5.74) is -2.59. The molecular weight excluding hydrogens is 400 g/mol. The summed E-state index contributed by atoms with van der Waals surface area (Å²) < 4.78 is 21.5. The van der Waals surface area contributed by atoms with E-state index in [4.69, 9.17) is 18.9 Å². The van der Waals surface area contributed by atoms with Crippen molar-refractivity contribution in [3.63, 3.8) is 0 Å². The average Bonchev–Trinajstić information content (AvgIpc) is 2.65. The summed E-state index contributed by atoms with van der Waals surface area (Å²) in [5, 5.41) is 9.36. The number of nitrogens with zero attached hydrogens (tertiary/aromatic N) is 2. The van der Waals surface area contributed by atoms with Crippen molar-refractivity contribution >= 4 is 18.0 Å². The van der Waals surface area contributed by atoms with Crippen molar-refractivity contribution < 1.29 is 38.4 Å². The molecule has 0 bridgehead atoms. The molecule has 11 heteroatoms. The highest BCUT2D eigenvalue weighted by Gasteiger charge is 2.30. The van der Waals surface area contributed by atoms with Gasteiger partial charge in [0, 0.05) is 26.9 Å².